The molecule has 4 fully saturated rings. The first kappa shape index (κ1) is 43.4. The third-order valence-electron chi connectivity index (χ3n) is 9.88. The molecule has 1 unspecified atom stereocenters. The lowest BCUT2D eigenvalue weighted by molar-refractivity contribution is -0.290. The van der Waals surface area contributed by atoms with Crippen LogP contribution in [-0.4, -0.2) is 202 Å². The summed E-state index contributed by atoms with van der Waals surface area (Å²) < 4.78 is 35.9. The van der Waals surface area contributed by atoms with E-state index in [-0.39, 0.29) is 32.5 Å². The highest BCUT2D eigenvalue weighted by Gasteiger charge is 2.54. The van der Waals surface area contributed by atoms with Crippen molar-refractivity contribution in [3.05, 3.63) is 0 Å². The third-order valence-corrected chi connectivity index (χ3v) is 9.88. The summed E-state index contributed by atoms with van der Waals surface area (Å²) in [5, 5.41) is 88.3. The number of carbonyl (C=O) groups is 1. The highest BCUT2D eigenvalue weighted by atomic mass is 16.8. The molecule has 0 aromatic rings. The van der Waals surface area contributed by atoms with Gasteiger partial charge in [-0.15, -0.1) is 0 Å². The molecule has 19 atom stereocenters. The summed E-state index contributed by atoms with van der Waals surface area (Å²) >= 11 is 0. The minimum atomic E-state index is -1.67. The molecule has 304 valence electrons. The molecule has 3 heterocycles. The van der Waals surface area contributed by atoms with Gasteiger partial charge in [-0.25, -0.2) is 0 Å². The molecule has 0 radical (unpaired) electrons. The van der Waals surface area contributed by atoms with Crippen LogP contribution in [0.1, 0.15) is 25.7 Å². The molecule has 1 aliphatic carbocycles. The van der Waals surface area contributed by atoms with Gasteiger partial charge in [0.2, 0.25) is 5.91 Å². The van der Waals surface area contributed by atoms with Crippen molar-refractivity contribution in [1.29, 1.82) is 0 Å². The van der Waals surface area contributed by atoms with Gasteiger partial charge < -0.3 is 109 Å². The lowest BCUT2D eigenvalue weighted by atomic mass is 9.83. The van der Waals surface area contributed by atoms with Crippen LogP contribution < -0.4 is 39.3 Å². The summed E-state index contributed by atoms with van der Waals surface area (Å²) in [6.07, 6.45) is -18.4. The lowest BCUT2D eigenvalue weighted by Gasteiger charge is -2.46. The molecule has 0 spiro atoms. The number of nitrogens with two attached hydrogens (primary N) is 5. The predicted molar refractivity (Wildman–Crippen MR) is 176 cm³/mol. The van der Waals surface area contributed by atoms with Crippen molar-refractivity contribution < 1.29 is 74.1 Å². The normalized spacial score (nSPS) is 44.0. The van der Waals surface area contributed by atoms with Gasteiger partial charge in [-0.3, -0.25) is 4.79 Å². The Balaban J connectivity index is 1.53. The fourth-order valence-electron chi connectivity index (χ4n) is 6.78. The number of aliphatic hydroxyl groups excluding tert-OH is 8. The topological polar surface area (TPSA) is 388 Å². The number of ether oxygens (including phenoxy) is 6. The molecule has 0 aromatic heterocycles. The molecule has 3 saturated heterocycles. The van der Waals surface area contributed by atoms with Crippen molar-refractivity contribution in [2.45, 2.75) is 142 Å². The molecule has 0 aromatic carbocycles. The first-order valence-corrected chi connectivity index (χ1v) is 17.6. The van der Waals surface area contributed by atoms with Gasteiger partial charge >= 0.3 is 0 Å². The van der Waals surface area contributed by atoms with Crippen molar-refractivity contribution in [3.63, 3.8) is 0 Å². The van der Waals surface area contributed by atoms with Gasteiger partial charge in [0, 0.05) is 25.7 Å². The zero-order chi connectivity index (χ0) is 38.3. The van der Waals surface area contributed by atoms with Crippen LogP contribution >= 0.6 is 0 Å². The molecule has 4 rings (SSSR count). The molecule has 1 saturated carbocycles. The van der Waals surface area contributed by atoms with E-state index in [1.165, 1.54) is 0 Å². The molecular formula is C30H59N7O15. The molecular weight excluding hydrogens is 698 g/mol. The second kappa shape index (κ2) is 20.0. The summed E-state index contributed by atoms with van der Waals surface area (Å²) in [4.78, 5) is 12.7. The van der Waals surface area contributed by atoms with E-state index in [9.17, 15) is 40.5 Å². The average molecular weight is 758 g/mol. The van der Waals surface area contributed by atoms with Gasteiger partial charge in [0.05, 0.1) is 43.5 Å². The molecule has 22 nitrogen and oxygen atoms in total. The minimum absolute atomic E-state index is 0.0263. The molecule has 22 heteroatoms. The van der Waals surface area contributed by atoms with Gasteiger partial charge in [-0.05, 0) is 32.2 Å². The number of nitrogens with one attached hydrogen (secondary N) is 2. The summed E-state index contributed by atoms with van der Waals surface area (Å²) in [5.74, 6) is -0.808. The Morgan fingerprint density at radius 1 is 0.788 bits per heavy atom. The average Bonchev–Trinajstić information content (AvgIpc) is 3.42. The fraction of sp³-hybridized carbons (Fsp3) is 0.967. The molecule has 1 amide bonds. The zero-order valence-electron chi connectivity index (χ0n) is 28.9. The maximum Gasteiger partial charge on any atom is 0.249 e. The monoisotopic (exact) mass is 757 g/mol. The number of carbonyl (C=O) groups excluding carboxylic acids is 1. The van der Waals surface area contributed by atoms with Crippen LogP contribution in [0, 0.1) is 0 Å². The van der Waals surface area contributed by atoms with Crippen LogP contribution in [0.4, 0.5) is 0 Å². The molecule has 4 aliphatic rings. The molecule has 3 aliphatic heterocycles. The Labute approximate surface area is 300 Å². The second-order valence-corrected chi connectivity index (χ2v) is 13.8. The van der Waals surface area contributed by atoms with Gasteiger partial charge in [0.15, 0.2) is 18.9 Å². The number of rotatable bonds is 17. The van der Waals surface area contributed by atoms with Crippen molar-refractivity contribution in [1.82, 2.24) is 10.6 Å². The van der Waals surface area contributed by atoms with Gasteiger partial charge in [0.1, 0.15) is 61.0 Å². The smallest absolute Gasteiger partial charge is 0.249 e. The van der Waals surface area contributed by atoms with Crippen LogP contribution in [-0.2, 0) is 33.2 Å². The van der Waals surface area contributed by atoms with E-state index in [1.54, 1.807) is 0 Å². The van der Waals surface area contributed by atoms with E-state index < -0.39 is 135 Å². The fourth-order valence-corrected chi connectivity index (χ4v) is 6.78. The Morgan fingerprint density at radius 3 is 2.12 bits per heavy atom. The van der Waals surface area contributed by atoms with E-state index >= 15 is 0 Å². The summed E-state index contributed by atoms with van der Waals surface area (Å²) in [6, 6.07) is -3.94. The van der Waals surface area contributed by atoms with Gasteiger partial charge in [-0.1, -0.05) is 0 Å². The highest BCUT2D eigenvalue weighted by molar-refractivity contribution is 5.80. The standard InChI is InChI=1S/C30H59N7O15/c31-4-3-16(41)27(46)37-15-5-14(34)24(50-28-13(33)2-1-12(47-28)8-36-7-11(40)9-38)26(20(15)42)52-30-23(45)25(18(10-39)49-30)51-29-19(35)22(44)21(43)17(6-32)48-29/h11-26,28-30,36,38-45H,1-10,31-35H2,(H,37,46)/t11?,12-,13+,14-,15+,16+,17-,18+,19+,20-,21+,22+,23+,24+,25+,26+,28+,29+,30-/m0/s1. The van der Waals surface area contributed by atoms with E-state index in [4.69, 9.17) is 62.2 Å². The second-order valence-electron chi connectivity index (χ2n) is 13.8. The number of amides is 1. The first-order chi connectivity index (χ1) is 24.7. The summed E-state index contributed by atoms with van der Waals surface area (Å²) in [5.41, 5.74) is 30.1. The number of aliphatic hydroxyl groups is 8. The zero-order valence-corrected chi connectivity index (χ0v) is 28.9. The van der Waals surface area contributed by atoms with Crippen molar-refractivity contribution in [3.8, 4) is 0 Å². The SMILES string of the molecule is NCC[C@@H](O)C(=O)N[C@@H]1C[C@H](N)[C@@H](O[C@H]2O[C@H](CNCC(O)CO)CC[C@H]2N)[C@H](O[C@@H]2O[C@H](CO)[C@@H](O[C@H]3O[C@@H](CN)[C@@H](O)[C@H](O)[C@H]3N)[C@H]2O)[C@H]1O. The Bertz CT molecular complexity index is 1090. The molecule has 52 heavy (non-hydrogen) atoms. The van der Waals surface area contributed by atoms with Crippen molar-refractivity contribution in [2.24, 2.45) is 28.7 Å². The lowest BCUT2D eigenvalue weighted by Crippen LogP contribution is -2.67. The van der Waals surface area contributed by atoms with Crippen molar-refractivity contribution >= 4 is 5.91 Å². The number of hydrogen-bond acceptors (Lipinski definition) is 21. The van der Waals surface area contributed by atoms with E-state index in [0.717, 1.165) is 0 Å². The largest absolute Gasteiger partial charge is 0.394 e. The maximum absolute atomic E-state index is 12.7. The molecule has 0 bridgehead atoms. The van der Waals surface area contributed by atoms with E-state index in [2.05, 4.69) is 10.6 Å². The highest BCUT2D eigenvalue weighted by Crippen LogP contribution is 2.34. The van der Waals surface area contributed by atoms with Crippen LogP contribution in [0.5, 0.6) is 0 Å². The predicted octanol–water partition coefficient (Wildman–Crippen LogP) is -8.99. The van der Waals surface area contributed by atoms with Gasteiger partial charge in [-0.2, -0.15) is 0 Å². The van der Waals surface area contributed by atoms with E-state index in [1.807, 2.05) is 0 Å². The van der Waals surface area contributed by atoms with Crippen LogP contribution in [0.3, 0.4) is 0 Å². The quantitative estimate of drug-likeness (QED) is 0.0655. The Morgan fingerprint density at radius 2 is 1.46 bits per heavy atom. The molecule has 20 N–H and O–H groups in total. The van der Waals surface area contributed by atoms with Crippen LogP contribution in [0.25, 0.3) is 0 Å². The van der Waals surface area contributed by atoms with Gasteiger partial charge in [0.25, 0.3) is 0 Å². The maximum atomic E-state index is 12.7. The van der Waals surface area contributed by atoms with Crippen LogP contribution in [0.15, 0.2) is 0 Å². The number of hydrogen-bond donors (Lipinski definition) is 15. The Hall–Kier alpha value is -1.33. The minimum Gasteiger partial charge on any atom is -0.394 e. The Kier molecular flexibility index (Phi) is 16.7. The summed E-state index contributed by atoms with van der Waals surface area (Å²) in [7, 11) is 0. The van der Waals surface area contributed by atoms with E-state index in [0.29, 0.717) is 19.4 Å². The summed E-state index contributed by atoms with van der Waals surface area (Å²) in [6.45, 7) is -0.849. The van der Waals surface area contributed by atoms with Crippen molar-refractivity contribution in [2.75, 3.05) is 39.4 Å². The third kappa shape index (κ3) is 10.5. The van der Waals surface area contributed by atoms with Crippen LogP contribution in [0.2, 0.25) is 0 Å². The first-order valence-electron chi connectivity index (χ1n) is 17.6.